The second-order valence-electron chi connectivity index (χ2n) is 14.7. The third-order valence-electron chi connectivity index (χ3n) is 10.6. The van der Waals surface area contributed by atoms with Crippen LogP contribution in [0.1, 0.15) is 124 Å². The summed E-state index contributed by atoms with van der Waals surface area (Å²) in [5.74, 6) is 0.309. The summed E-state index contributed by atoms with van der Waals surface area (Å²) < 4.78 is 18.4. The minimum Gasteiger partial charge on any atom is -0.456 e. The van der Waals surface area contributed by atoms with Crippen LogP contribution in [0.4, 0.5) is 10.5 Å². The standard InChI is InChI=1S/C44H57N3O7S/c1-6-7-8-9-10-11-12-13-14-15-16-17-18-23-40(48)55-30-37(41(49)45-2)47(5)43(51)52-32-25-27-36-39(29-32)53-38-28-31(46(3)4)24-26-35(38)44(36)34-22-20-19-21-33(34)42(50)54-44/h19-22,24-29,37H,6-18,23,30H2,1-5H3,(H,45,49)/t37-,44?/m0/s1. The Kier molecular flexibility index (Phi) is 15.1. The number of fused-ring (bicyclic) bond motifs is 6. The highest BCUT2D eigenvalue weighted by atomic mass is 32.2. The predicted octanol–water partition coefficient (Wildman–Crippen LogP) is 9.61. The van der Waals surface area contributed by atoms with Crippen molar-refractivity contribution in [3.8, 4) is 17.2 Å². The average Bonchev–Trinajstić information content (AvgIpc) is 3.48. The first-order chi connectivity index (χ1) is 26.6. The van der Waals surface area contributed by atoms with Crippen molar-refractivity contribution in [1.82, 2.24) is 10.2 Å². The Morgan fingerprint density at radius 2 is 1.38 bits per heavy atom. The lowest BCUT2D eigenvalue weighted by atomic mass is 9.77. The number of likely N-dealkylation sites (N-methyl/N-ethyl adjacent to an activating group) is 2. The number of unbranched alkanes of at least 4 members (excludes halogenated alkanes) is 12. The first kappa shape index (κ1) is 41.6. The molecule has 0 aromatic heterocycles. The van der Waals surface area contributed by atoms with Gasteiger partial charge in [0.1, 0.15) is 23.3 Å². The molecular formula is C44H57N3O7S. The van der Waals surface area contributed by atoms with Gasteiger partial charge in [-0.2, -0.15) is 0 Å². The zero-order valence-electron chi connectivity index (χ0n) is 33.1. The molecule has 1 spiro atoms. The summed E-state index contributed by atoms with van der Waals surface area (Å²) in [7, 11) is 6.83. The van der Waals surface area contributed by atoms with E-state index in [4.69, 9.17) is 14.2 Å². The Hall–Kier alpha value is -4.51. The Bertz CT molecular complexity index is 1810. The van der Waals surface area contributed by atoms with Gasteiger partial charge in [0.15, 0.2) is 10.7 Å². The number of nitrogens with zero attached hydrogens (tertiary/aromatic N) is 2. The van der Waals surface area contributed by atoms with E-state index < -0.39 is 29.6 Å². The van der Waals surface area contributed by atoms with Crippen LogP contribution in [0.5, 0.6) is 17.2 Å². The van der Waals surface area contributed by atoms with Crippen LogP contribution in [0.3, 0.4) is 0 Å². The molecule has 0 saturated heterocycles. The van der Waals surface area contributed by atoms with Crippen molar-refractivity contribution < 1.29 is 33.4 Å². The van der Waals surface area contributed by atoms with Crippen LogP contribution in [-0.4, -0.2) is 68.0 Å². The Labute approximate surface area is 330 Å². The molecular weight excluding hydrogens is 715 g/mol. The smallest absolute Gasteiger partial charge is 0.415 e. The van der Waals surface area contributed by atoms with Crippen molar-refractivity contribution in [2.45, 2.75) is 108 Å². The summed E-state index contributed by atoms with van der Waals surface area (Å²) in [4.78, 5) is 55.5. The SMILES string of the molecule is CCCCCCCCCCCCCCCC(=O)SC[C@@H](C(=O)NC)N(C)C(=O)Oc1ccc2c(c1)Oc1cc(N(C)C)ccc1C21OC(=O)c2ccccc21. The zero-order chi connectivity index (χ0) is 39.4. The van der Waals surface area contributed by atoms with Crippen molar-refractivity contribution in [2.75, 3.05) is 38.8 Å². The topological polar surface area (TPSA) is 114 Å². The summed E-state index contributed by atoms with van der Waals surface area (Å²) in [6.07, 6.45) is 15.8. The lowest BCUT2D eigenvalue weighted by Gasteiger charge is -2.37. The van der Waals surface area contributed by atoms with Gasteiger partial charge in [0.05, 0.1) is 5.56 Å². The fourth-order valence-corrected chi connectivity index (χ4v) is 8.36. The molecule has 10 nitrogen and oxygen atoms in total. The molecule has 2 heterocycles. The van der Waals surface area contributed by atoms with Crippen LogP contribution in [-0.2, 0) is 19.9 Å². The molecule has 3 aromatic carbocycles. The van der Waals surface area contributed by atoms with E-state index in [0.717, 1.165) is 36.7 Å². The van der Waals surface area contributed by atoms with Crippen LogP contribution in [0, 0.1) is 0 Å². The van der Waals surface area contributed by atoms with Gasteiger partial charge < -0.3 is 24.4 Å². The van der Waals surface area contributed by atoms with Gasteiger partial charge in [-0.1, -0.05) is 114 Å². The van der Waals surface area contributed by atoms with Crippen molar-refractivity contribution in [2.24, 2.45) is 0 Å². The van der Waals surface area contributed by atoms with E-state index in [-0.39, 0.29) is 16.6 Å². The minimum atomic E-state index is -1.26. The van der Waals surface area contributed by atoms with E-state index in [2.05, 4.69) is 12.2 Å². The highest BCUT2D eigenvalue weighted by molar-refractivity contribution is 8.13. The maximum atomic E-state index is 13.5. The van der Waals surface area contributed by atoms with Gasteiger partial charge in [0.2, 0.25) is 5.91 Å². The van der Waals surface area contributed by atoms with Gasteiger partial charge in [0.25, 0.3) is 0 Å². The van der Waals surface area contributed by atoms with Crippen LogP contribution in [0.15, 0.2) is 60.7 Å². The minimum absolute atomic E-state index is 0.00593. The maximum Gasteiger partial charge on any atom is 0.415 e. The van der Waals surface area contributed by atoms with E-state index in [9.17, 15) is 19.2 Å². The first-order valence-electron chi connectivity index (χ1n) is 19.9. The molecule has 2 atom stereocenters. The van der Waals surface area contributed by atoms with Gasteiger partial charge in [-0.05, 0) is 36.8 Å². The highest BCUT2D eigenvalue weighted by Gasteiger charge is 2.53. The zero-order valence-corrected chi connectivity index (χ0v) is 33.9. The van der Waals surface area contributed by atoms with Crippen molar-refractivity contribution in [3.05, 3.63) is 82.9 Å². The molecule has 2 aliphatic heterocycles. The number of hydrogen-bond donors (Lipinski definition) is 1. The van der Waals surface area contributed by atoms with Crippen molar-refractivity contribution >= 4 is 40.5 Å². The Morgan fingerprint density at radius 3 is 2.02 bits per heavy atom. The van der Waals surface area contributed by atoms with Gasteiger partial charge in [-0.25, -0.2) is 9.59 Å². The number of nitrogens with one attached hydrogen (secondary N) is 1. The fraction of sp³-hybridized carbons (Fsp3) is 0.500. The van der Waals surface area contributed by atoms with Crippen LogP contribution in [0.25, 0.3) is 0 Å². The van der Waals surface area contributed by atoms with Gasteiger partial charge in [-0.15, -0.1) is 0 Å². The largest absolute Gasteiger partial charge is 0.456 e. The van der Waals surface area contributed by atoms with Crippen LogP contribution >= 0.6 is 11.8 Å². The third kappa shape index (κ3) is 10.0. The van der Waals surface area contributed by atoms with E-state index in [1.54, 1.807) is 30.3 Å². The number of benzene rings is 3. The number of amides is 2. The molecule has 0 aliphatic carbocycles. The van der Waals surface area contributed by atoms with E-state index in [1.165, 1.54) is 83.2 Å². The number of esters is 1. The van der Waals surface area contributed by atoms with E-state index in [1.807, 2.05) is 49.3 Å². The molecule has 2 amide bonds. The number of carbonyl (C=O) groups excluding carboxylic acids is 4. The molecule has 55 heavy (non-hydrogen) atoms. The third-order valence-corrected chi connectivity index (χ3v) is 11.6. The molecule has 0 fully saturated rings. The summed E-state index contributed by atoms with van der Waals surface area (Å²) in [6, 6.07) is 17.0. The number of anilines is 1. The summed E-state index contributed by atoms with van der Waals surface area (Å²) >= 11 is 1.07. The molecule has 5 rings (SSSR count). The summed E-state index contributed by atoms with van der Waals surface area (Å²) in [5.41, 5.74) is 2.06. The Balaban J connectivity index is 1.17. The first-order valence-corrected chi connectivity index (χ1v) is 20.9. The van der Waals surface area contributed by atoms with Crippen molar-refractivity contribution in [1.29, 1.82) is 0 Å². The maximum absolute atomic E-state index is 13.5. The second-order valence-corrected chi connectivity index (χ2v) is 15.8. The molecule has 0 radical (unpaired) electrons. The summed E-state index contributed by atoms with van der Waals surface area (Å²) in [6.45, 7) is 2.25. The predicted molar refractivity (Wildman–Crippen MR) is 218 cm³/mol. The lowest BCUT2D eigenvalue weighted by molar-refractivity contribution is -0.124. The molecule has 11 heteroatoms. The van der Waals surface area contributed by atoms with E-state index >= 15 is 0 Å². The van der Waals surface area contributed by atoms with Crippen LogP contribution < -0.4 is 19.7 Å². The van der Waals surface area contributed by atoms with Gasteiger partial charge >= 0.3 is 12.1 Å². The molecule has 0 saturated carbocycles. The molecule has 3 aromatic rings. The van der Waals surface area contributed by atoms with E-state index in [0.29, 0.717) is 40.2 Å². The second kappa shape index (κ2) is 19.9. The monoisotopic (exact) mass is 771 g/mol. The highest BCUT2D eigenvalue weighted by Crippen LogP contribution is 2.57. The lowest BCUT2D eigenvalue weighted by Crippen LogP contribution is -2.49. The number of hydrogen-bond acceptors (Lipinski definition) is 9. The number of carbonyl (C=O) groups is 4. The average molecular weight is 772 g/mol. The number of ether oxygens (including phenoxy) is 3. The van der Waals surface area contributed by atoms with Gasteiger partial charge in [-0.3, -0.25) is 14.5 Å². The Morgan fingerprint density at radius 1 is 0.782 bits per heavy atom. The summed E-state index contributed by atoms with van der Waals surface area (Å²) in [5, 5.41) is 2.61. The number of thioether (sulfide) groups is 1. The quantitative estimate of drug-likeness (QED) is 0.0886. The molecule has 1 N–H and O–H groups in total. The van der Waals surface area contributed by atoms with Gasteiger partial charge in [0, 0.05) is 74.9 Å². The molecule has 1 unspecified atom stereocenters. The molecule has 2 aliphatic rings. The normalized spacial score (nSPS) is 15.6. The number of rotatable bonds is 20. The fourth-order valence-electron chi connectivity index (χ4n) is 7.35. The van der Waals surface area contributed by atoms with Crippen LogP contribution in [0.2, 0.25) is 0 Å². The molecule has 0 bridgehead atoms. The van der Waals surface area contributed by atoms with Crippen molar-refractivity contribution in [3.63, 3.8) is 0 Å². The molecule has 296 valence electrons.